The van der Waals surface area contributed by atoms with Crippen LogP contribution in [0.4, 0.5) is 0 Å². The first-order valence-electron chi connectivity index (χ1n) is 9.09. The molecule has 2 aromatic carbocycles. The van der Waals surface area contributed by atoms with E-state index >= 15 is 0 Å². The normalized spacial score (nSPS) is 12.9. The summed E-state index contributed by atoms with van der Waals surface area (Å²) in [5.74, 6) is -1.27. The second kappa shape index (κ2) is 7.67. The summed E-state index contributed by atoms with van der Waals surface area (Å²) in [6.07, 6.45) is 0.931. The summed E-state index contributed by atoms with van der Waals surface area (Å²) in [5, 5.41) is 3.88. The fourth-order valence-corrected chi connectivity index (χ4v) is 3.02. The maximum absolute atomic E-state index is 12.3. The van der Waals surface area contributed by atoms with Gasteiger partial charge < -0.3 is 9.26 Å². The molecule has 146 valence electrons. The number of hydrogen-bond donors (Lipinski definition) is 0. The molecule has 0 bridgehead atoms. The van der Waals surface area contributed by atoms with Gasteiger partial charge in [-0.3, -0.25) is 19.3 Å². The lowest BCUT2D eigenvalue weighted by Crippen LogP contribution is -2.35. The first kappa shape index (κ1) is 18.5. The van der Waals surface area contributed by atoms with Gasteiger partial charge in [0.15, 0.2) is 6.61 Å². The lowest BCUT2D eigenvalue weighted by molar-refractivity contribution is -0.146. The molecule has 0 saturated carbocycles. The molecule has 0 N–H and O–H groups in total. The Kier molecular flexibility index (Phi) is 4.90. The van der Waals surface area contributed by atoms with Crippen molar-refractivity contribution in [2.24, 2.45) is 0 Å². The number of aryl methyl sites for hydroxylation is 1. The number of esters is 1. The lowest BCUT2D eigenvalue weighted by Gasteiger charge is -2.12. The minimum atomic E-state index is -0.744. The zero-order valence-electron chi connectivity index (χ0n) is 15.6. The summed E-state index contributed by atoms with van der Waals surface area (Å²) in [4.78, 5) is 41.7. The van der Waals surface area contributed by atoms with Crippen molar-refractivity contribution < 1.29 is 23.6 Å². The van der Waals surface area contributed by atoms with Crippen LogP contribution in [0.25, 0.3) is 11.4 Å². The van der Waals surface area contributed by atoms with Crippen LogP contribution in [0, 0.1) is 0 Å². The van der Waals surface area contributed by atoms with E-state index in [2.05, 4.69) is 17.1 Å². The molecule has 8 heteroatoms. The number of fused-ring (bicyclic) bond motifs is 1. The third-order valence-corrected chi connectivity index (χ3v) is 4.61. The Labute approximate surface area is 166 Å². The number of ether oxygens (including phenoxy) is 1. The monoisotopic (exact) mass is 391 g/mol. The quantitative estimate of drug-likeness (QED) is 0.470. The summed E-state index contributed by atoms with van der Waals surface area (Å²) in [6, 6.07) is 14.2. The van der Waals surface area contributed by atoms with Crippen LogP contribution in [0.2, 0.25) is 0 Å². The lowest BCUT2D eigenvalue weighted by atomic mass is 10.1. The van der Waals surface area contributed by atoms with E-state index in [1.807, 2.05) is 24.3 Å². The molecule has 0 radical (unpaired) electrons. The van der Waals surface area contributed by atoms with Crippen LogP contribution >= 0.6 is 0 Å². The summed E-state index contributed by atoms with van der Waals surface area (Å²) < 4.78 is 10.2. The van der Waals surface area contributed by atoms with Crippen LogP contribution in [0.3, 0.4) is 0 Å². The molecule has 1 aliphatic rings. The van der Waals surface area contributed by atoms with E-state index in [1.165, 1.54) is 5.56 Å². The highest BCUT2D eigenvalue weighted by molar-refractivity contribution is 6.22. The predicted molar refractivity (Wildman–Crippen MR) is 101 cm³/mol. The van der Waals surface area contributed by atoms with Crippen molar-refractivity contribution in [3.8, 4) is 11.4 Å². The Morgan fingerprint density at radius 2 is 1.69 bits per heavy atom. The number of amides is 2. The molecule has 1 aliphatic heterocycles. The maximum Gasteiger partial charge on any atom is 0.326 e. The Morgan fingerprint density at radius 3 is 2.31 bits per heavy atom. The number of nitrogens with zero attached hydrogens (tertiary/aromatic N) is 3. The van der Waals surface area contributed by atoms with E-state index < -0.39 is 24.3 Å². The minimum Gasteiger partial charge on any atom is -0.454 e. The molecule has 0 saturated heterocycles. The Bertz CT molecular complexity index is 1050. The molecule has 8 nitrogen and oxygen atoms in total. The molecule has 0 fully saturated rings. The first-order valence-corrected chi connectivity index (χ1v) is 9.09. The fourth-order valence-electron chi connectivity index (χ4n) is 3.02. The number of rotatable bonds is 6. The number of carbonyl (C=O) groups excluding carboxylic acids is 3. The Balaban J connectivity index is 1.35. The fraction of sp³-hybridized carbons (Fsp3) is 0.190. The number of imide groups is 1. The minimum absolute atomic E-state index is 0.121. The van der Waals surface area contributed by atoms with Gasteiger partial charge in [0.1, 0.15) is 6.54 Å². The van der Waals surface area contributed by atoms with Crippen LogP contribution in [-0.2, 0) is 22.6 Å². The second-order valence-corrected chi connectivity index (χ2v) is 6.46. The van der Waals surface area contributed by atoms with Gasteiger partial charge in [0.25, 0.3) is 17.7 Å². The van der Waals surface area contributed by atoms with Crippen LogP contribution in [0.5, 0.6) is 0 Å². The molecule has 0 unspecified atom stereocenters. The van der Waals surface area contributed by atoms with E-state index in [1.54, 1.807) is 24.3 Å². The standard InChI is InChI=1S/C21H17N3O5/c1-2-13-7-9-14(10-8-13)19-22-17(29-23-19)12-28-18(25)11-24-20(26)15-5-3-4-6-16(15)21(24)27/h3-10H,2,11-12H2,1H3. The van der Waals surface area contributed by atoms with E-state index in [0.29, 0.717) is 5.82 Å². The van der Waals surface area contributed by atoms with E-state index in [0.717, 1.165) is 16.9 Å². The summed E-state index contributed by atoms with van der Waals surface area (Å²) >= 11 is 0. The van der Waals surface area contributed by atoms with Gasteiger partial charge in [0.2, 0.25) is 5.82 Å². The first-order chi connectivity index (χ1) is 14.1. The van der Waals surface area contributed by atoms with Gasteiger partial charge >= 0.3 is 5.97 Å². The summed E-state index contributed by atoms with van der Waals surface area (Å²) in [5.41, 5.74) is 2.54. The van der Waals surface area contributed by atoms with Crippen molar-refractivity contribution in [3.05, 3.63) is 71.1 Å². The molecule has 1 aromatic heterocycles. The van der Waals surface area contributed by atoms with Crippen LogP contribution in [0.1, 0.15) is 39.1 Å². The second-order valence-electron chi connectivity index (χ2n) is 6.46. The molecule has 2 amide bonds. The highest BCUT2D eigenvalue weighted by Crippen LogP contribution is 2.22. The van der Waals surface area contributed by atoms with Crippen molar-refractivity contribution in [3.63, 3.8) is 0 Å². The zero-order valence-corrected chi connectivity index (χ0v) is 15.6. The number of hydrogen-bond acceptors (Lipinski definition) is 7. The number of carbonyl (C=O) groups is 3. The summed E-state index contributed by atoms with van der Waals surface area (Å²) in [7, 11) is 0. The molecule has 0 spiro atoms. The van der Waals surface area contributed by atoms with Gasteiger partial charge in [-0.05, 0) is 24.1 Å². The van der Waals surface area contributed by atoms with Gasteiger partial charge in [-0.1, -0.05) is 48.5 Å². The van der Waals surface area contributed by atoms with Crippen molar-refractivity contribution in [2.45, 2.75) is 20.0 Å². The largest absolute Gasteiger partial charge is 0.454 e. The van der Waals surface area contributed by atoms with Gasteiger partial charge in [0.05, 0.1) is 11.1 Å². The summed E-state index contributed by atoms with van der Waals surface area (Å²) in [6.45, 7) is 1.34. The van der Waals surface area contributed by atoms with Gasteiger partial charge in [0, 0.05) is 5.56 Å². The molecular weight excluding hydrogens is 374 g/mol. The SMILES string of the molecule is CCc1ccc(-c2noc(COC(=O)CN3C(=O)c4ccccc4C3=O)n2)cc1. The highest BCUT2D eigenvalue weighted by atomic mass is 16.6. The van der Waals surface area contributed by atoms with Crippen LogP contribution in [0.15, 0.2) is 53.1 Å². The Hall–Kier alpha value is -3.81. The topological polar surface area (TPSA) is 103 Å². The van der Waals surface area contributed by atoms with Gasteiger partial charge in [-0.15, -0.1) is 0 Å². The van der Waals surface area contributed by atoms with Gasteiger partial charge in [-0.25, -0.2) is 0 Å². The average molecular weight is 391 g/mol. The van der Waals surface area contributed by atoms with E-state index in [-0.39, 0.29) is 23.6 Å². The molecular formula is C21H17N3O5. The molecule has 2 heterocycles. The van der Waals surface area contributed by atoms with E-state index in [4.69, 9.17) is 9.26 Å². The van der Waals surface area contributed by atoms with Crippen molar-refractivity contribution in [2.75, 3.05) is 6.54 Å². The molecule has 0 aliphatic carbocycles. The van der Waals surface area contributed by atoms with Crippen molar-refractivity contribution in [1.29, 1.82) is 0 Å². The maximum atomic E-state index is 12.3. The zero-order chi connectivity index (χ0) is 20.4. The van der Waals surface area contributed by atoms with Crippen molar-refractivity contribution in [1.82, 2.24) is 15.0 Å². The molecule has 3 aromatic rings. The predicted octanol–water partition coefficient (Wildman–Crippen LogP) is 2.64. The third kappa shape index (κ3) is 3.64. The van der Waals surface area contributed by atoms with Gasteiger partial charge in [-0.2, -0.15) is 4.98 Å². The number of aromatic nitrogens is 2. The smallest absolute Gasteiger partial charge is 0.326 e. The highest BCUT2D eigenvalue weighted by Gasteiger charge is 2.36. The average Bonchev–Trinajstić information content (AvgIpc) is 3.32. The molecule has 0 atom stereocenters. The number of benzene rings is 2. The Morgan fingerprint density at radius 1 is 1.03 bits per heavy atom. The van der Waals surface area contributed by atoms with Crippen LogP contribution in [-0.4, -0.2) is 39.4 Å². The van der Waals surface area contributed by atoms with E-state index in [9.17, 15) is 14.4 Å². The van der Waals surface area contributed by atoms with Crippen molar-refractivity contribution >= 4 is 17.8 Å². The third-order valence-electron chi connectivity index (χ3n) is 4.61. The molecule has 29 heavy (non-hydrogen) atoms. The van der Waals surface area contributed by atoms with Crippen LogP contribution < -0.4 is 0 Å². The molecule has 4 rings (SSSR count).